The lowest BCUT2D eigenvalue weighted by Crippen LogP contribution is -2.56. The van der Waals surface area contributed by atoms with Crippen molar-refractivity contribution in [2.24, 2.45) is 0 Å². The van der Waals surface area contributed by atoms with E-state index < -0.39 is 36.8 Å². The predicted molar refractivity (Wildman–Crippen MR) is 84.7 cm³/mol. The highest BCUT2D eigenvalue weighted by Gasteiger charge is 2.44. The van der Waals surface area contributed by atoms with Crippen LogP contribution in [0.2, 0.25) is 0 Å². The average Bonchev–Trinajstić information content (AvgIpc) is 2.52. The molecule has 0 atom stereocenters. The van der Waals surface area contributed by atoms with E-state index in [1.165, 1.54) is 18.2 Å². The number of rotatable bonds is 3. The Morgan fingerprint density at radius 1 is 1.08 bits per heavy atom. The first-order valence-corrected chi connectivity index (χ1v) is 7.51. The summed E-state index contributed by atoms with van der Waals surface area (Å²) in [7, 11) is 0. The standard InChI is InChI=1S/C17H13F5N2O2/c18-16(19)9-24(10-16)13-7-11(17(20,21)22)6-12(8-13)23-15(25)26-14-4-2-1-3-5-14/h1-8H,9-10H2,(H,23,25). The normalized spacial score (nSPS) is 16.0. The molecule has 138 valence electrons. The monoisotopic (exact) mass is 372 g/mol. The van der Waals surface area contributed by atoms with Crippen LogP contribution in [0.1, 0.15) is 5.56 Å². The minimum absolute atomic E-state index is 0.0549. The Morgan fingerprint density at radius 2 is 1.73 bits per heavy atom. The molecule has 0 spiro atoms. The van der Waals surface area contributed by atoms with Gasteiger partial charge in [0.15, 0.2) is 0 Å². The SMILES string of the molecule is O=C(Nc1cc(N2CC(F)(F)C2)cc(C(F)(F)F)c1)Oc1ccccc1. The zero-order chi connectivity index (χ0) is 18.9. The van der Waals surface area contributed by atoms with Crippen molar-refractivity contribution in [1.82, 2.24) is 0 Å². The number of benzene rings is 2. The molecule has 3 rings (SSSR count). The third-order valence-corrected chi connectivity index (χ3v) is 3.65. The summed E-state index contributed by atoms with van der Waals surface area (Å²) in [5, 5.41) is 2.19. The van der Waals surface area contributed by atoms with Crippen LogP contribution in [-0.4, -0.2) is 25.1 Å². The first kappa shape index (κ1) is 18.0. The smallest absolute Gasteiger partial charge is 0.410 e. The molecule has 1 fully saturated rings. The molecule has 9 heteroatoms. The van der Waals surface area contributed by atoms with Crippen LogP contribution in [0, 0.1) is 0 Å². The number of carbonyl (C=O) groups excluding carboxylic acids is 1. The van der Waals surface area contributed by atoms with Gasteiger partial charge in [-0.2, -0.15) is 13.2 Å². The zero-order valence-electron chi connectivity index (χ0n) is 13.2. The third-order valence-electron chi connectivity index (χ3n) is 3.65. The lowest BCUT2D eigenvalue weighted by atomic mass is 10.1. The van der Waals surface area contributed by atoms with Crippen molar-refractivity contribution >= 4 is 17.5 Å². The van der Waals surface area contributed by atoms with Crippen molar-refractivity contribution in [3.8, 4) is 5.75 Å². The van der Waals surface area contributed by atoms with Gasteiger partial charge < -0.3 is 9.64 Å². The van der Waals surface area contributed by atoms with Crippen LogP contribution in [0.4, 0.5) is 38.1 Å². The van der Waals surface area contributed by atoms with Gasteiger partial charge >= 0.3 is 12.3 Å². The summed E-state index contributed by atoms with van der Waals surface area (Å²) in [6, 6.07) is 10.6. The maximum atomic E-state index is 13.1. The summed E-state index contributed by atoms with van der Waals surface area (Å²) in [6.07, 6.45) is -5.68. The van der Waals surface area contributed by atoms with Crippen molar-refractivity contribution in [3.63, 3.8) is 0 Å². The predicted octanol–water partition coefficient (Wildman–Crippen LogP) is 4.77. The summed E-state index contributed by atoms with van der Waals surface area (Å²) >= 11 is 0. The van der Waals surface area contributed by atoms with E-state index >= 15 is 0 Å². The highest BCUT2D eigenvalue weighted by Crippen LogP contribution is 2.38. The molecule has 26 heavy (non-hydrogen) atoms. The maximum absolute atomic E-state index is 13.1. The molecule has 0 saturated carbocycles. The number of nitrogens with one attached hydrogen (secondary N) is 1. The van der Waals surface area contributed by atoms with Crippen LogP contribution >= 0.6 is 0 Å². The average molecular weight is 372 g/mol. The Morgan fingerprint density at radius 3 is 2.31 bits per heavy atom. The minimum Gasteiger partial charge on any atom is -0.410 e. The van der Waals surface area contributed by atoms with Crippen LogP contribution in [0.15, 0.2) is 48.5 Å². The molecule has 0 aromatic heterocycles. The molecule has 1 N–H and O–H groups in total. The van der Waals surface area contributed by atoms with E-state index in [2.05, 4.69) is 5.32 Å². The topological polar surface area (TPSA) is 41.6 Å². The maximum Gasteiger partial charge on any atom is 0.417 e. The third kappa shape index (κ3) is 4.22. The van der Waals surface area contributed by atoms with Gasteiger partial charge in [-0.05, 0) is 30.3 Å². The fourth-order valence-electron chi connectivity index (χ4n) is 2.46. The molecule has 4 nitrogen and oxygen atoms in total. The van der Waals surface area contributed by atoms with Crippen LogP contribution in [0.25, 0.3) is 0 Å². The second-order valence-corrected chi connectivity index (χ2v) is 5.81. The second-order valence-electron chi connectivity index (χ2n) is 5.81. The van der Waals surface area contributed by atoms with Crippen LogP contribution in [0.5, 0.6) is 5.75 Å². The molecular formula is C17H13F5N2O2. The van der Waals surface area contributed by atoms with E-state index in [1.54, 1.807) is 18.2 Å². The Labute approximate surface area is 145 Å². The van der Waals surface area contributed by atoms with Gasteiger partial charge in [0.1, 0.15) is 5.75 Å². The van der Waals surface area contributed by atoms with Crippen molar-refractivity contribution in [2.45, 2.75) is 12.1 Å². The molecule has 0 aliphatic carbocycles. The summed E-state index contributed by atoms with van der Waals surface area (Å²) in [6.45, 7) is -1.36. The Kier molecular flexibility index (Phi) is 4.47. The Bertz CT molecular complexity index is 801. The van der Waals surface area contributed by atoms with Gasteiger partial charge in [-0.15, -0.1) is 0 Å². The van der Waals surface area contributed by atoms with Crippen LogP contribution < -0.4 is 15.0 Å². The largest absolute Gasteiger partial charge is 0.417 e. The first-order chi connectivity index (χ1) is 12.1. The number of alkyl halides is 5. The summed E-state index contributed by atoms with van der Waals surface area (Å²) in [5.74, 6) is -2.73. The number of hydrogen-bond donors (Lipinski definition) is 1. The number of nitrogens with zero attached hydrogens (tertiary/aromatic N) is 1. The van der Waals surface area contributed by atoms with Gasteiger partial charge in [0.25, 0.3) is 5.92 Å². The second kappa shape index (κ2) is 6.47. The molecule has 1 aliphatic heterocycles. The summed E-state index contributed by atoms with van der Waals surface area (Å²) < 4.78 is 70.1. The van der Waals surface area contributed by atoms with Crippen LogP contribution in [0.3, 0.4) is 0 Å². The molecule has 0 bridgehead atoms. The number of ether oxygens (including phenoxy) is 1. The number of amides is 1. The molecule has 0 unspecified atom stereocenters. The molecular weight excluding hydrogens is 359 g/mol. The highest BCUT2D eigenvalue weighted by molar-refractivity contribution is 5.87. The van der Waals surface area contributed by atoms with E-state index in [0.29, 0.717) is 6.07 Å². The number of anilines is 2. The van der Waals surface area contributed by atoms with Crippen molar-refractivity contribution in [1.29, 1.82) is 0 Å². The molecule has 2 aromatic carbocycles. The van der Waals surface area contributed by atoms with E-state index in [4.69, 9.17) is 4.74 Å². The van der Waals surface area contributed by atoms with E-state index in [9.17, 15) is 26.7 Å². The fourth-order valence-corrected chi connectivity index (χ4v) is 2.46. The highest BCUT2D eigenvalue weighted by atomic mass is 19.4. The van der Waals surface area contributed by atoms with E-state index in [0.717, 1.165) is 11.0 Å². The van der Waals surface area contributed by atoms with E-state index in [-0.39, 0.29) is 17.1 Å². The molecule has 1 amide bonds. The van der Waals surface area contributed by atoms with Gasteiger partial charge in [0.05, 0.1) is 18.7 Å². The number of carbonyl (C=O) groups is 1. The van der Waals surface area contributed by atoms with Crippen LogP contribution in [-0.2, 0) is 6.18 Å². The first-order valence-electron chi connectivity index (χ1n) is 7.51. The van der Waals surface area contributed by atoms with Gasteiger partial charge in [-0.25, -0.2) is 13.6 Å². The van der Waals surface area contributed by atoms with Crippen molar-refractivity contribution < 1.29 is 31.5 Å². The fraction of sp³-hybridized carbons (Fsp3) is 0.235. The number of halogens is 5. The zero-order valence-corrected chi connectivity index (χ0v) is 13.2. The lowest BCUT2D eigenvalue weighted by molar-refractivity contribution is -0.137. The van der Waals surface area contributed by atoms with E-state index in [1.807, 2.05) is 0 Å². The lowest BCUT2D eigenvalue weighted by Gasteiger charge is -2.40. The molecule has 1 aliphatic rings. The Hall–Kier alpha value is -2.84. The molecule has 1 saturated heterocycles. The summed E-state index contributed by atoms with van der Waals surface area (Å²) in [5.41, 5.74) is -1.31. The number of hydrogen-bond acceptors (Lipinski definition) is 3. The Balaban J connectivity index is 1.80. The van der Waals surface area contributed by atoms with Crippen molar-refractivity contribution in [3.05, 3.63) is 54.1 Å². The van der Waals surface area contributed by atoms with Gasteiger partial charge in [0.2, 0.25) is 0 Å². The molecule has 0 radical (unpaired) electrons. The van der Waals surface area contributed by atoms with Gasteiger partial charge in [-0.3, -0.25) is 5.32 Å². The van der Waals surface area contributed by atoms with Gasteiger partial charge in [-0.1, -0.05) is 18.2 Å². The summed E-state index contributed by atoms with van der Waals surface area (Å²) in [4.78, 5) is 13.0. The minimum atomic E-state index is -4.69. The van der Waals surface area contributed by atoms with Crippen molar-refractivity contribution in [2.75, 3.05) is 23.3 Å². The number of para-hydroxylation sites is 1. The molecule has 2 aromatic rings. The van der Waals surface area contributed by atoms with Gasteiger partial charge in [0, 0.05) is 11.4 Å². The molecule has 1 heterocycles. The quantitative estimate of drug-likeness (QED) is 0.789.